The van der Waals surface area contributed by atoms with Gasteiger partial charge >= 0.3 is 0 Å². The lowest BCUT2D eigenvalue weighted by atomic mass is 10.3. The number of aromatic nitrogens is 2. The van der Waals surface area contributed by atoms with E-state index in [4.69, 9.17) is 4.74 Å². The fourth-order valence-corrected chi connectivity index (χ4v) is 1.40. The predicted molar refractivity (Wildman–Crippen MR) is 51.6 cm³/mol. The maximum Gasteiger partial charge on any atom is 0.125 e. The fraction of sp³-hybridized carbons (Fsp3) is 0.300. The number of halogens is 1. The van der Waals surface area contributed by atoms with Crippen LogP contribution >= 0.6 is 0 Å². The van der Waals surface area contributed by atoms with Crippen molar-refractivity contribution < 1.29 is 9.13 Å². The van der Waals surface area contributed by atoms with Crippen molar-refractivity contribution in [3.63, 3.8) is 0 Å². The largest absolute Gasteiger partial charge is 0.383 e. The van der Waals surface area contributed by atoms with Gasteiger partial charge in [-0.25, -0.2) is 9.37 Å². The van der Waals surface area contributed by atoms with Gasteiger partial charge in [0.1, 0.15) is 5.82 Å². The smallest absolute Gasteiger partial charge is 0.125 e. The highest BCUT2D eigenvalue weighted by Gasteiger charge is 2.02. The summed E-state index contributed by atoms with van der Waals surface area (Å²) >= 11 is 0. The maximum absolute atomic E-state index is 12.8. The van der Waals surface area contributed by atoms with Crippen LogP contribution in [0.2, 0.25) is 0 Å². The topological polar surface area (TPSA) is 27.1 Å². The van der Waals surface area contributed by atoms with Crippen LogP contribution in [-0.2, 0) is 11.3 Å². The Morgan fingerprint density at radius 1 is 1.50 bits per heavy atom. The van der Waals surface area contributed by atoms with Crippen LogP contribution in [0, 0.1) is 5.82 Å². The lowest BCUT2D eigenvalue weighted by molar-refractivity contribution is 0.188. The third-order valence-electron chi connectivity index (χ3n) is 2.12. The van der Waals surface area contributed by atoms with Crippen molar-refractivity contribution in [2.45, 2.75) is 6.54 Å². The molecule has 0 amide bonds. The average molecular weight is 194 g/mol. The Morgan fingerprint density at radius 3 is 3.14 bits per heavy atom. The van der Waals surface area contributed by atoms with E-state index < -0.39 is 0 Å². The number of hydrogen-bond acceptors (Lipinski definition) is 2. The van der Waals surface area contributed by atoms with E-state index >= 15 is 0 Å². The number of nitrogens with zero attached hydrogens (tertiary/aromatic N) is 2. The Labute approximate surface area is 81.1 Å². The highest BCUT2D eigenvalue weighted by molar-refractivity contribution is 5.75. The molecule has 0 aliphatic rings. The molecule has 0 saturated heterocycles. The van der Waals surface area contributed by atoms with Crippen LogP contribution in [0.25, 0.3) is 11.0 Å². The van der Waals surface area contributed by atoms with Crippen molar-refractivity contribution in [3.8, 4) is 0 Å². The molecule has 14 heavy (non-hydrogen) atoms. The van der Waals surface area contributed by atoms with Crippen LogP contribution < -0.4 is 0 Å². The van der Waals surface area contributed by atoms with Crippen LogP contribution in [0.4, 0.5) is 4.39 Å². The molecule has 0 aliphatic carbocycles. The third-order valence-corrected chi connectivity index (χ3v) is 2.12. The lowest BCUT2D eigenvalue weighted by Gasteiger charge is -2.02. The molecule has 0 spiro atoms. The first-order chi connectivity index (χ1) is 6.81. The standard InChI is InChI=1S/C10H11FN2O/c1-14-5-4-13-7-12-9-6-8(11)2-3-10(9)13/h2-3,6-7H,4-5H2,1H3. The van der Waals surface area contributed by atoms with Crippen molar-refractivity contribution in [1.82, 2.24) is 9.55 Å². The summed E-state index contributed by atoms with van der Waals surface area (Å²) in [4.78, 5) is 4.10. The fourth-order valence-electron chi connectivity index (χ4n) is 1.40. The highest BCUT2D eigenvalue weighted by atomic mass is 19.1. The predicted octanol–water partition coefficient (Wildman–Crippen LogP) is 1.82. The molecular formula is C10H11FN2O. The second kappa shape index (κ2) is 3.75. The molecular weight excluding hydrogens is 183 g/mol. The molecule has 2 rings (SSSR count). The Morgan fingerprint density at radius 2 is 2.36 bits per heavy atom. The van der Waals surface area contributed by atoms with E-state index in [9.17, 15) is 4.39 Å². The average Bonchev–Trinajstić information content (AvgIpc) is 2.57. The number of rotatable bonds is 3. The van der Waals surface area contributed by atoms with Crippen molar-refractivity contribution in [2.75, 3.05) is 13.7 Å². The zero-order valence-corrected chi connectivity index (χ0v) is 7.90. The SMILES string of the molecule is COCCn1cnc2cc(F)ccc21. The first-order valence-electron chi connectivity index (χ1n) is 4.40. The molecule has 1 aromatic carbocycles. The van der Waals surface area contributed by atoms with Gasteiger partial charge in [-0.15, -0.1) is 0 Å². The lowest BCUT2D eigenvalue weighted by Crippen LogP contribution is -2.02. The van der Waals surface area contributed by atoms with Crippen LogP contribution in [0.1, 0.15) is 0 Å². The van der Waals surface area contributed by atoms with E-state index in [1.807, 2.05) is 4.57 Å². The van der Waals surface area contributed by atoms with E-state index in [1.54, 1.807) is 19.5 Å². The summed E-state index contributed by atoms with van der Waals surface area (Å²) in [5, 5.41) is 0. The first kappa shape index (κ1) is 9.15. The normalized spacial score (nSPS) is 11.0. The van der Waals surface area contributed by atoms with E-state index in [0.29, 0.717) is 12.1 Å². The number of hydrogen-bond donors (Lipinski definition) is 0. The Kier molecular flexibility index (Phi) is 2.45. The summed E-state index contributed by atoms with van der Waals surface area (Å²) in [6.45, 7) is 1.36. The zero-order valence-electron chi connectivity index (χ0n) is 7.90. The van der Waals surface area contributed by atoms with Gasteiger partial charge in [-0.2, -0.15) is 0 Å². The van der Waals surface area contributed by atoms with E-state index in [-0.39, 0.29) is 5.82 Å². The molecule has 0 radical (unpaired) electrons. The molecule has 0 bridgehead atoms. The van der Waals surface area contributed by atoms with Crippen molar-refractivity contribution >= 4 is 11.0 Å². The molecule has 1 heterocycles. The Bertz CT molecular complexity index is 439. The zero-order chi connectivity index (χ0) is 9.97. The van der Waals surface area contributed by atoms with Crippen LogP contribution in [0.15, 0.2) is 24.5 Å². The minimum Gasteiger partial charge on any atom is -0.383 e. The van der Waals surface area contributed by atoms with E-state index in [0.717, 1.165) is 12.1 Å². The number of ether oxygens (including phenoxy) is 1. The first-order valence-corrected chi connectivity index (χ1v) is 4.40. The number of imidazole rings is 1. The number of methoxy groups -OCH3 is 1. The van der Waals surface area contributed by atoms with Crippen molar-refractivity contribution in [3.05, 3.63) is 30.3 Å². The summed E-state index contributed by atoms with van der Waals surface area (Å²) in [5.74, 6) is -0.255. The molecule has 74 valence electrons. The Hall–Kier alpha value is -1.42. The highest BCUT2D eigenvalue weighted by Crippen LogP contribution is 2.13. The molecule has 0 unspecified atom stereocenters. The second-order valence-corrected chi connectivity index (χ2v) is 3.06. The van der Waals surface area contributed by atoms with Crippen LogP contribution in [-0.4, -0.2) is 23.3 Å². The number of fused-ring (bicyclic) bond motifs is 1. The minimum atomic E-state index is -0.255. The van der Waals surface area contributed by atoms with Gasteiger partial charge in [-0.1, -0.05) is 0 Å². The molecule has 0 aliphatic heterocycles. The molecule has 3 nitrogen and oxygen atoms in total. The van der Waals surface area contributed by atoms with Crippen LogP contribution in [0.3, 0.4) is 0 Å². The second-order valence-electron chi connectivity index (χ2n) is 3.06. The monoisotopic (exact) mass is 194 g/mol. The van der Waals surface area contributed by atoms with Gasteiger partial charge in [-0.3, -0.25) is 0 Å². The Balaban J connectivity index is 2.37. The van der Waals surface area contributed by atoms with Gasteiger partial charge in [0.2, 0.25) is 0 Å². The molecule has 0 saturated carbocycles. The third kappa shape index (κ3) is 1.61. The van der Waals surface area contributed by atoms with Gasteiger partial charge in [-0.05, 0) is 12.1 Å². The van der Waals surface area contributed by atoms with Gasteiger partial charge in [0, 0.05) is 19.7 Å². The van der Waals surface area contributed by atoms with Gasteiger partial charge in [0.15, 0.2) is 0 Å². The molecule has 2 aromatic rings. The molecule has 4 heteroatoms. The summed E-state index contributed by atoms with van der Waals surface area (Å²) in [7, 11) is 1.65. The maximum atomic E-state index is 12.8. The van der Waals surface area contributed by atoms with Crippen LogP contribution in [0.5, 0.6) is 0 Å². The van der Waals surface area contributed by atoms with Crippen molar-refractivity contribution in [1.29, 1.82) is 0 Å². The molecule has 0 N–H and O–H groups in total. The van der Waals surface area contributed by atoms with Gasteiger partial charge in [0.05, 0.1) is 24.0 Å². The van der Waals surface area contributed by atoms with E-state index in [1.165, 1.54) is 12.1 Å². The van der Waals surface area contributed by atoms with Gasteiger partial charge in [0.25, 0.3) is 0 Å². The molecule has 0 atom stereocenters. The van der Waals surface area contributed by atoms with Gasteiger partial charge < -0.3 is 9.30 Å². The van der Waals surface area contributed by atoms with Crippen molar-refractivity contribution in [2.24, 2.45) is 0 Å². The summed E-state index contributed by atoms with van der Waals surface area (Å²) in [6, 6.07) is 4.60. The quantitative estimate of drug-likeness (QED) is 0.745. The van der Waals surface area contributed by atoms with E-state index in [2.05, 4.69) is 4.98 Å². The molecule has 0 fully saturated rings. The number of benzene rings is 1. The summed E-state index contributed by atoms with van der Waals surface area (Å²) in [5.41, 5.74) is 1.62. The molecule has 1 aromatic heterocycles. The summed E-state index contributed by atoms with van der Waals surface area (Å²) in [6.07, 6.45) is 1.70. The summed E-state index contributed by atoms with van der Waals surface area (Å²) < 4.78 is 19.7. The minimum absolute atomic E-state index is 0.255.